The molecule has 102 valence electrons. The van der Waals surface area contributed by atoms with Crippen molar-refractivity contribution in [2.75, 3.05) is 5.75 Å². The summed E-state index contributed by atoms with van der Waals surface area (Å²) in [5.74, 6) is 0.894. The number of hydrogen-bond acceptors (Lipinski definition) is 4. The van der Waals surface area contributed by atoms with Gasteiger partial charge in [0, 0.05) is 5.75 Å². The molecule has 0 saturated carbocycles. The molecule has 0 aliphatic heterocycles. The Kier molecular flexibility index (Phi) is 6.71. The van der Waals surface area contributed by atoms with Crippen LogP contribution in [0.25, 0.3) is 0 Å². The lowest BCUT2D eigenvalue weighted by Gasteiger charge is -2.12. The van der Waals surface area contributed by atoms with Gasteiger partial charge in [-0.05, 0) is 19.3 Å². The van der Waals surface area contributed by atoms with Gasteiger partial charge in [-0.15, -0.1) is 11.3 Å². The SMILES string of the molecule is CCCCC(CC)CSc1nc(C)c(C(=O)O)s1. The van der Waals surface area contributed by atoms with Gasteiger partial charge >= 0.3 is 5.97 Å². The fourth-order valence-electron chi connectivity index (χ4n) is 1.72. The van der Waals surface area contributed by atoms with E-state index in [1.807, 2.05) is 0 Å². The normalized spacial score (nSPS) is 12.6. The van der Waals surface area contributed by atoms with E-state index < -0.39 is 5.97 Å². The third-order valence-corrected chi connectivity index (χ3v) is 5.48. The molecule has 1 atom stereocenters. The monoisotopic (exact) mass is 287 g/mol. The van der Waals surface area contributed by atoms with Gasteiger partial charge in [0.25, 0.3) is 0 Å². The Morgan fingerprint density at radius 3 is 2.72 bits per heavy atom. The average Bonchev–Trinajstić information content (AvgIpc) is 2.71. The molecule has 0 radical (unpaired) electrons. The predicted molar refractivity (Wildman–Crippen MR) is 77.8 cm³/mol. The number of aromatic carboxylic acids is 1. The fourth-order valence-corrected chi connectivity index (χ4v) is 4.03. The van der Waals surface area contributed by atoms with Crippen molar-refractivity contribution in [2.45, 2.75) is 50.8 Å². The first-order valence-corrected chi connectivity index (χ1v) is 8.22. The van der Waals surface area contributed by atoms with Crippen molar-refractivity contribution in [2.24, 2.45) is 5.92 Å². The van der Waals surface area contributed by atoms with Gasteiger partial charge in [-0.1, -0.05) is 44.9 Å². The number of aryl methyl sites for hydroxylation is 1. The maximum atomic E-state index is 10.9. The Labute approximate surface area is 117 Å². The molecule has 1 heterocycles. The number of rotatable bonds is 8. The largest absolute Gasteiger partial charge is 0.477 e. The van der Waals surface area contributed by atoms with Crippen molar-refractivity contribution >= 4 is 29.1 Å². The summed E-state index contributed by atoms with van der Waals surface area (Å²) in [7, 11) is 0. The molecule has 0 amide bonds. The van der Waals surface area contributed by atoms with Crippen LogP contribution in [0, 0.1) is 12.8 Å². The number of carboxylic acids is 1. The molecule has 0 spiro atoms. The summed E-state index contributed by atoms with van der Waals surface area (Å²) in [4.78, 5) is 15.6. The number of nitrogens with zero attached hydrogens (tertiary/aromatic N) is 1. The van der Waals surface area contributed by atoms with Crippen LogP contribution in [0.4, 0.5) is 0 Å². The van der Waals surface area contributed by atoms with Crippen LogP contribution < -0.4 is 0 Å². The zero-order valence-electron chi connectivity index (χ0n) is 11.2. The lowest BCUT2D eigenvalue weighted by atomic mass is 10.0. The van der Waals surface area contributed by atoms with Crippen LogP contribution in [0.1, 0.15) is 54.9 Å². The minimum atomic E-state index is -0.866. The van der Waals surface area contributed by atoms with Crippen LogP contribution in [0.5, 0.6) is 0 Å². The zero-order valence-corrected chi connectivity index (χ0v) is 12.9. The standard InChI is InChI=1S/C13H21NO2S2/c1-4-6-7-10(5-2)8-17-13-14-9(3)11(18-13)12(15)16/h10H,4-8H2,1-3H3,(H,15,16). The van der Waals surface area contributed by atoms with Gasteiger partial charge in [0.1, 0.15) is 4.88 Å². The van der Waals surface area contributed by atoms with Gasteiger partial charge in [-0.2, -0.15) is 0 Å². The van der Waals surface area contributed by atoms with E-state index in [0.29, 0.717) is 16.5 Å². The van der Waals surface area contributed by atoms with E-state index in [-0.39, 0.29) is 0 Å². The first kappa shape index (κ1) is 15.5. The van der Waals surface area contributed by atoms with Crippen LogP contribution in [-0.4, -0.2) is 21.8 Å². The second-order valence-corrected chi connectivity index (χ2v) is 6.69. The Bertz CT molecular complexity index is 390. The molecule has 1 unspecified atom stereocenters. The van der Waals surface area contributed by atoms with Crippen molar-refractivity contribution < 1.29 is 9.90 Å². The van der Waals surface area contributed by atoms with Crippen molar-refractivity contribution in [3.8, 4) is 0 Å². The zero-order chi connectivity index (χ0) is 13.5. The van der Waals surface area contributed by atoms with Crippen LogP contribution >= 0.6 is 23.1 Å². The molecule has 1 N–H and O–H groups in total. The number of hydrogen-bond donors (Lipinski definition) is 1. The van der Waals surface area contributed by atoms with Gasteiger partial charge < -0.3 is 5.11 Å². The highest BCUT2D eigenvalue weighted by Crippen LogP contribution is 2.30. The van der Waals surface area contributed by atoms with Crippen molar-refractivity contribution in [1.29, 1.82) is 0 Å². The lowest BCUT2D eigenvalue weighted by Crippen LogP contribution is -2.01. The molecular formula is C13H21NO2S2. The molecule has 0 aliphatic rings. The molecule has 1 aromatic heterocycles. The van der Waals surface area contributed by atoms with Crippen LogP contribution in [0.3, 0.4) is 0 Å². The summed E-state index contributed by atoms with van der Waals surface area (Å²) in [6.07, 6.45) is 4.95. The van der Waals surface area contributed by atoms with E-state index in [9.17, 15) is 4.79 Å². The molecule has 0 bridgehead atoms. The van der Waals surface area contributed by atoms with Gasteiger partial charge in [-0.25, -0.2) is 9.78 Å². The highest BCUT2D eigenvalue weighted by Gasteiger charge is 2.15. The van der Waals surface area contributed by atoms with Crippen molar-refractivity contribution in [3.63, 3.8) is 0 Å². The Hall–Kier alpha value is -0.550. The summed E-state index contributed by atoms with van der Waals surface area (Å²) in [5.41, 5.74) is 0.636. The van der Waals surface area contributed by atoms with E-state index in [1.54, 1.807) is 18.7 Å². The van der Waals surface area contributed by atoms with Crippen molar-refractivity contribution in [1.82, 2.24) is 4.98 Å². The molecular weight excluding hydrogens is 266 g/mol. The minimum absolute atomic E-state index is 0.374. The number of carboxylic acid groups (broad SMARTS) is 1. The lowest BCUT2D eigenvalue weighted by molar-refractivity contribution is 0.0701. The Morgan fingerprint density at radius 2 is 2.22 bits per heavy atom. The first-order valence-electron chi connectivity index (χ1n) is 6.41. The van der Waals surface area contributed by atoms with Crippen molar-refractivity contribution in [3.05, 3.63) is 10.6 Å². The maximum absolute atomic E-state index is 10.9. The van der Waals surface area contributed by atoms with E-state index in [1.165, 1.54) is 37.0 Å². The Balaban J connectivity index is 2.51. The summed E-state index contributed by atoms with van der Waals surface area (Å²) in [6.45, 7) is 6.19. The van der Waals surface area contributed by atoms with E-state index in [4.69, 9.17) is 5.11 Å². The molecule has 1 aromatic rings. The summed E-state index contributed by atoms with van der Waals surface area (Å²) >= 11 is 3.00. The molecule has 0 saturated heterocycles. The summed E-state index contributed by atoms with van der Waals surface area (Å²) in [5, 5.41) is 8.98. The quantitative estimate of drug-likeness (QED) is 0.717. The van der Waals surface area contributed by atoms with Gasteiger partial charge in [0.2, 0.25) is 0 Å². The van der Waals surface area contributed by atoms with Gasteiger partial charge in [-0.3, -0.25) is 0 Å². The fraction of sp³-hybridized carbons (Fsp3) is 0.692. The number of carbonyl (C=O) groups is 1. The second-order valence-electron chi connectivity index (χ2n) is 4.43. The highest BCUT2D eigenvalue weighted by atomic mass is 32.2. The van der Waals surface area contributed by atoms with E-state index in [2.05, 4.69) is 18.8 Å². The molecule has 18 heavy (non-hydrogen) atoms. The molecule has 1 rings (SSSR count). The topological polar surface area (TPSA) is 50.2 Å². The first-order chi connectivity index (χ1) is 8.58. The number of thioether (sulfide) groups is 1. The van der Waals surface area contributed by atoms with E-state index >= 15 is 0 Å². The highest BCUT2D eigenvalue weighted by molar-refractivity contribution is 8.01. The van der Waals surface area contributed by atoms with Gasteiger partial charge in [0.15, 0.2) is 4.34 Å². The van der Waals surface area contributed by atoms with Crippen LogP contribution in [-0.2, 0) is 0 Å². The summed E-state index contributed by atoms with van der Waals surface area (Å²) in [6, 6.07) is 0. The second kappa shape index (κ2) is 7.79. The molecule has 5 heteroatoms. The van der Waals surface area contributed by atoms with Gasteiger partial charge in [0.05, 0.1) is 5.69 Å². The third kappa shape index (κ3) is 4.61. The predicted octanol–water partition coefficient (Wildman–Crippen LogP) is 4.46. The molecule has 3 nitrogen and oxygen atoms in total. The number of thiazole rings is 1. The van der Waals surface area contributed by atoms with Crippen LogP contribution in [0.15, 0.2) is 4.34 Å². The number of aromatic nitrogens is 1. The Morgan fingerprint density at radius 1 is 1.50 bits per heavy atom. The number of unbranched alkanes of at least 4 members (excludes halogenated alkanes) is 1. The summed E-state index contributed by atoms with van der Waals surface area (Å²) < 4.78 is 0.889. The van der Waals surface area contributed by atoms with E-state index in [0.717, 1.165) is 10.1 Å². The smallest absolute Gasteiger partial charge is 0.347 e. The maximum Gasteiger partial charge on any atom is 0.347 e. The average molecular weight is 287 g/mol. The van der Waals surface area contributed by atoms with Crippen LogP contribution in [0.2, 0.25) is 0 Å². The minimum Gasteiger partial charge on any atom is -0.477 e. The molecule has 0 fully saturated rings. The molecule has 0 aliphatic carbocycles. The third-order valence-electron chi connectivity index (χ3n) is 2.96. The molecule has 0 aromatic carbocycles.